The summed E-state index contributed by atoms with van der Waals surface area (Å²) in [7, 11) is 0. The molecule has 1 aliphatic heterocycles. The molecule has 1 aliphatic carbocycles. The Morgan fingerprint density at radius 2 is 1.82 bits per heavy atom. The minimum atomic E-state index is -4.66. The number of alkyl halides is 3. The lowest BCUT2D eigenvalue weighted by molar-refractivity contribution is -0.137. The van der Waals surface area contributed by atoms with E-state index in [9.17, 15) is 13.2 Å². The summed E-state index contributed by atoms with van der Waals surface area (Å²) in [6.07, 6.45) is 2.71. The fraction of sp³-hybridized carbons (Fsp3) is 0.444. The summed E-state index contributed by atoms with van der Waals surface area (Å²) < 4.78 is 62.6. The van der Waals surface area contributed by atoms with Crippen LogP contribution in [-0.4, -0.2) is 36.3 Å². The standard InChI is InChI=1S/C27H26F4N6O/c1-14-15(2)34-26-24(33-14)23(20-6-5-19(10-21(20)28)27(29,30)31)35-25(36-26)17-7-8-38-22(9-17)18-11-32-37(13-18)12-16-3-4-16/h5-6,10-11,13,16-17,22H,3-4,7-9,12H2,1-2H3/t17-,22+/m0/s1. The van der Waals surface area contributed by atoms with Gasteiger partial charge in [-0.3, -0.25) is 4.68 Å². The number of fused-ring (bicyclic) bond motifs is 1. The summed E-state index contributed by atoms with van der Waals surface area (Å²) in [4.78, 5) is 18.5. The number of nitrogens with zero attached hydrogens (tertiary/aromatic N) is 6. The van der Waals surface area contributed by atoms with Crippen molar-refractivity contribution < 1.29 is 22.3 Å². The van der Waals surface area contributed by atoms with E-state index in [2.05, 4.69) is 20.1 Å². The van der Waals surface area contributed by atoms with E-state index < -0.39 is 17.6 Å². The summed E-state index contributed by atoms with van der Waals surface area (Å²) in [5, 5.41) is 4.48. The van der Waals surface area contributed by atoms with Crippen molar-refractivity contribution in [2.24, 2.45) is 5.92 Å². The highest BCUT2D eigenvalue weighted by Gasteiger charge is 2.33. The van der Waals surface area contributed by atoms with E-state index in [1.165, 1.54) is 12.8 Å². The van der Waals surface area contributed by atoms with Gasteiger partial charge in [-0.1, -0.05) is 0 Å². The van der Waals surface area contributed by atoms with Crippen molar-refractivity contribution in [3.8, 4) is 11.3 Å². The predicted octanol–water partition coefficient (Wildman–Crippen LogP) is 6.10. The maximum Gasteiger partial charge on any atom is 0.416 e. The monoisotopic (exact) mass is 526 g/mol. The first-order valence-electron chi connectivity index (χ1n) is 12.7. The Kier molecular flexibility index (Phi) is 6.13. The Morgan fingerprint density at radius 1 is 1.03 bits per heavy atom. The summed E-state index contributed by atoms with van der Waals surface area (Å²) >= 11 is 0. The normalized spacial score (nSPS) is 20.3. The molecule has 2 atom stereocenters. The molecule has 0 radical (unpaired) electrons. The Bertz CT molecular complexity index is 1510. The predicted molar refractivity (Wildman–Crippen MR) is 131 cm³/mol. The van der Waals surface area contributed by atoms with Crippen LogP contribution >= 0.6 is 0 Å². The number of hydrogen-bond donors (Lipinski definition) is 0. The minimum Gasteiger partial charge on any atom is -0.373 e. The molecule has 11 heteroatoms. The van der Waals surface area contributed by atoms with E-state index in [0.29, 0.717) is 48.6 Å². The van der Waals surface area contributed by atoms with E-state index >= 15 is 4.39 Å². The fourth-order valence-electron chi connectivity index (χ4n) is 4.86. The third-order valence-electron chi connectivity index (χ3n) is 7.33. The van der Waals surface area contributed by atoms with Crippen molar-refractivity contribution >= 4 is 11.2 Å². The largest absolute Gasteiger partial charge is 0.416 e. The number of aryl methyl sites for hydroxylation is 2. The number of benzene rings is 1. The second-order valence-electron chi connectivity index (χ2n) is 10.2. The third kappa shape index (κ3) is 4.87. The van der Waals surface area contributed by atoms with E-state index in [0.717, 1.165) is 24.2 Å². The quantitative estimate of drug-likeness (QED) is 0.292. The van der Waals surface area contributed by atoms with Gasteiger partial charge in [0, 0.05) is 36.4 Å². The van der Waals surface area contributed by atoms with E-state index in [-0.39, 0.29) is 34.4 Å². The van der Waals surface area contributed by atoms with Gasteiger partial charge in [0.15, 0.2) is 5.65 Å². The van der Waals surface area contributed by atoms with E-state index in [1.54, 1.807) is 13.8 Å². The van der Waals surface area contributed by atoms with E-state index in [1.807, 2.05) is 17.1 Å². The van der Waals surface area contributed by atoms with Crippen LogP contribution in [0, 0.1) is 25.6 Å². The number of ether oxygens (including phenoxy) is 1. The number of aromatic nitrogens is 6. The molecule has 0 spiro atoms. The molecule has 0 bridgehead atoms. The number of rotatable bonds is 5. The van der Waals surface area contributed by atoms with Crippen LogP contribution in [0.25, 0.3) is 22.4 Å². The molecule has 6 rings (SSSR count). The van der Waals surface area contributed by atoms with E-state index in [4.69, 9.17) is 9.72 Å². The molecule has 38 heavy (non-hydrogen) atoms. The molecular formula is C27H26F4N6O. The van der Waals surface area contributed by atoms with Crippen LogP contribution in [0.15, 0.2) is 30.6 Å². The van der Waals surface area contributed by atoms with Gasteiger partial charge in [-0.2, -0.15) is 18.3 Å². The second kappa shape index (κ2) is 9.37. The van der Waals surface area contributed by atoms with Gasteiger partial charge in [-0.05, 0) is 63.6 Å². The lowest BCUT2D eigenvalue weighted by Crippen LogP contribution is -2.20. The first-order chi connectivity index (χ1) is 18.2. The van der Waals surface area contributed by atoms with Crippen LogP contribution in [0.5, 0.6) is 0 Å². The highest BCUT2D eigenvalue weighted by atomic mass is 19.4. The molecule has 4 aromatic rings. The van der Waals surface area contributed by atoms with Gasteiger partial charge in [0.25, 0.3) is 0 Å². The van der Waals surface area contributed by atoms with Crippen LogP contribution in [-0.2, 0) is 17.5 Å². The Morgan fingerprint density at radius 3 is 2.55 bits per heavy atom. The molecule has 7 nitrogen and oxygen atoms in total. The molecule has 1 saturated heterocycles. The smallest absolute Gasteiger partial charge is 0.373 e. The lowest BCUT2D eigenvalue weighted by Gasteiger charge is -2.28. The molecule has 198 valence electrons. The van der Waals surface area contributed by atoms with Crippen LogP contribution in [0.3, 0.4) is 0 Å². The molecule has 0 amide bonds. The molecular weight excluding hydrogens is 500 g/mol. The zero-order valence-electron chi connectivity index (χ0n) is 21.0. The molecule has 0 N–H and O–H groups in total. The fourth-order valence-corrected chi connectivity index (χ4v) is 4.86. The van der Waals surface area contributed by atoms with Crippen molar-refractivity contribution in [1.82, 2.24) is 29.7 Å². The molecule has 1 aromatic carbocycles. The van der Waals surface area contributed by atoms with Crippen LogP contribution in [0.2, 0.25) is 0 Å². The molecule has 3 aromatic heterocycles. The van der Waals surface area contributed by atoms with Gasteiger partial charge >= 0.3 is 6.18 Å². The van der Waals surface area contributed by atoms with Crippen molar-refractivity contribution in [2.75, 3.05) is 6.61 Å². The number of halogens is 4. The zero-order chi connectivity index (χ0) is 26.6. The maximum absolute atomic E-state index is 15.1. The van der Waals surface area contributed by atoms with Gasteiger partial charge in [0.2, 0.25) is 0 Å². The van der Waals surface area contributed by atoms with Gasteiger partial charge in [0.05, 0.1) is 29.3 Å². The topological polar surface area (TPSA) is 78.6 Å². The summed E-state index contributed by atoms with van der Waals surface area (Å²) in [6, 6.07) is 2.44. The van der Waals surface area contributed by atoms with Crippen molar-refractivity contribution in [2.45, 2.75) is 64.3 Å². The highest BCUT2D eigenvalue weighted by Crippen LogP contribution is 2.39. The lowest BCUT2D eigenvalue weighted by atomic mass is 9.92. The van der Waals surface area contributed by atoms with Crippen molar-refractivity contribution in [3.63, 3.8) is 0 Å². The van der Waals surface area contributed by atoms with Crippen molar-refractivity contribution in [1.29, 1.82) is 0 Å². The molecule has 2 aliphatic rings. The first kappa shape index (κ1) is 24.8. The Labute approximate surface area is 216 Å². The molecule has 4 heterocycles. The van der Waals surface area contributed by atoms with Crippen LogP contribution < -0.4 is 0 Å². The van der Waals surface area contributed by atoms with Gasteiger partial charge in [-0.25, -0.2) is 24.3 Å². The summed E-state index contributed by atoms with van der Waals surface area (Å²) in [6.45, 7) is 4.94. The van der Waals surface area contributed by atoms with Crippen LogP contribution in [0.4, 0.5) is 17.6 Å². The highest BCUT2D eigenvalue weighted by molar-refractivity contribution is 5.87. The van der Waals surface area contributed by atoms with Gasteiger partial charge < -0.3 is 4.74 Å². The first-order valence-corrected chi connectivity index (χ1v) is 12.7. The summed E-state index contributed by atoms with van der Waals surface area (Å²) in [5.74, 6) is -0.00246. The Hall–Kier alpha value is -3.47. The molecule has 2 fully saturated rings. The average molecular weight is 527 g/mol. The molecule has 0 unspecified atom stereocenters. The average Bonchev–Trinajstić information content (AvgIpc) is 3.57. The van der Waals surface area contributed by atoms with Gasteiger partial charge in [-0.15, -0.1) is 0 Å². The minimum absolute atomic E-state index is 0.0748. The summed E-state index contributed by atoms with van der Waals surface area (Å²) in [5.41, 5.74) is 1.78. The zero-order valence-corrected chi connectivity index (χ0v) is 21.0. The SMILES string of the molecule is Cc1nc2nc([C@H]3CCO[C@@H](c4cnn(CC5CC5)c4)C3)nc(-c3ccc(C(F)(F)F)cc3F)c2nc1C. The molecule has 1 saturated carbocycles. The third-order valence-corrected chi connectivity index (χ3v) is 7.33. The maximum atomic E-state index is 15.1. The van der Waals surface area contributed by atoms with Gasteiger partial charge in [0.1, 0.15) is 22.9 Å². The van der Waals surface area contributed by atoms with Crippen LogP contribution in [0.1, 0.15) is 66.0 Å². The number of hydrogen-bond acceptors (Lipinski definition) is 6. The van der Waals surface area contributed by atoms with Crippen molar-refractivity contribution in [3.05, 3.63) is 64.7 Å². The Balaban J connectivity index is 1.38. The second-order valence-corrected chi connectivity index (χ2v) is 10.2.